The van der Waals surface area contributed by atoms with E-state index in [-0.39, 0.29) is 17.0 Å². The van der Waals surface area contributed by atoms with Crippen molar-refractivity contribution in [1.82, 2.24) is 0 Å². The Morgan fingerprint density at radius 3 is 2.33 bits per heavy atom. The monoisotopic (exact) mass is 542 g/mol. The molecule has 0 spiro atoms. The van der Waals surface area contributed by atoms with Crippen molar-refractivity contribution in [3.05, 3.63) is 91.1 Å². The number of hydrogen-bond acceptors (Lipinski definition) is 5. The molecule has 3 aromatic rings. The summed E-state index contributed by atoms with van der Waals surface area (Å²) in [6.07, 6.45) is -5.45. The number of nitro groups is 1. The topological polar surface area (TPSA) is 72.7 Å². The van der Waals surface area contributed by atoms with Gasteiger partial charge < -0.3 is 4.74 Å². The van der Waals surface area contributed by atoms with Gasteiger partial charge in [-0.15, -0.1) is 11.3 Å². The van der Waals surface area contributed by atoms with Crippen LogP contribution in [0.25, 0.3) is 0 Å². The number of carbonyl (C=O) groups excluding carboxylic acids is 1. The number of amides is 1. The highest BCUT2D eigenvalue weighted by Crippen LogP contribution is 2.39. The lowest BCUT2D eigenvalue weighted by Gasteiger charge is -2.33. The smallest absolute Gasteiger partial charge is 0.471 e. The van der Waals surface area contributed by atoms with Gasteiger partial charge in [0.1, 0.15) is 11.8 Å². The maximum atomic E-state index is 13.7. The van der Waals surface area contributed by atoms with Crippen molar-refractivity contribution in [3.63, 3.8) is 0 Å². The fourth-order valence-electron chi connectivity index (χ4n) is 3.42. The molecule has 0 N–H and O–H groups in total. The number of rotatable bonds is 8. The molecule has 1 heterocycles. The summed E-state index contributed by atoms with van der Waals surface area (Å²) in [4.78, 5) is 25.0. The Kier molecular flexibility index (Phi) is 7.75. The molecule has 0 aliphatic carbocycles. The van der Waals surface area contributed by atoms with E-state index in [1.165, 1.54) is 37.4 Å². The van der Waals surface area contributed by atoms with Crippen LogP contribution in [0.5, 0.6) is 5.75 Å². The van der Waals surface area contributed by atoms with Crippen molar-refractivity contribution in [1.29, 1.82) is 0 Å². The number of thiophene rings is 1. The van der Waals surface area contributed by atoms with E-state index in [2.05, 4.69) is 15.9 Å². The summed E-state index contributed by atoms with van der Waals surface area (Å²) >= 11 is 4.38. The third kappa shape index (κ3) is 5.72. The molecule has 3 rings (SSSR count). The summed E-state index contributed by atoms with van der Waals surface area (Å²) < 4.78 is 46.7. The van der Waals surface area contributed by atoms with Crippen molar-refractivity contribution in [2.45, 2.75) is 24.7 Å². The van der Waals surface area contributed by atoms with Crippen LogP contribution >= 0.6 is 27.3 Å². The molecule has 2 aromatic carbocycles. The molecule has 0 radical (unpaired) electrons. The Bertz CT molecular complexity index is 1110. The first-order chi connectivity index (χ1) is 15.6. The summed E-state index contributed by atoms with van der Waals surface area (Å²) in [5.41, 5.74) is 0.408. The largest absolute Gasteiger partial charge is 0.497 e. The fourth-order valence-corrected chi connectivity index (χ4v) is 4.74. The van der Waals surface area contributed by atoms with E-state index >= 15 is 0 Å². The van der Waals surface area contributed by atoms with E-state index in [0.29, 0.717) is 20.7 Å². The van der Waals surface area contributed by atoms with Crippen LogP contribution in [0.3, 0.4) is 0 Å². The number of alkyl halides is 3. The maximum absolute atomic E-state index is 13.7. The molecule has 11 heteroatoms. The molecule has 1 aromatic heterocycles. The number of methoxy groups -OCH3 is 1. The summed E-state index contributed by atoms with van der Waals surface area (Å²) in [5, 5.41) is 13.8. The van der Waals surface area contributed by atoms with Gasteiger partial charge in [0, 0.05) is 26.4 Å². The number of ether oxygens (including phenoxy) is 1. The van der Waals surface area contributed by atoms with Crippen molar-refractivity contribution >= 4 is 38.9 Å². The Morgan fingerprint density at radius 1 is 1.15 bits per heavy atom. The first-order valence-corrected chi connectivity index (χ1v) is 11.3. The quantitative estimate of drug-likeness (QED) is 0.257. The van der Waals surface area contributed by atoms with Gasteiger partial charge in [0.05, 0.1) is 7.11 Å². The first-order valence-electron chi connectivity index (χ1n) is 9.58. The number of halogens is 4. The molecule has 1 amide bonds. The van der Waals surface area contributed by atoms with Crippen LogP contribution in [-0.4, -0.2) is 30.2 Å². The predicted octanol–water partition coefficient (Wildman–Crippen LogP) is 6.04. The highest BCUT2D eigenvalue weighted by Gasteiger charge is 2.50. The van der Waals surface area contributed by atoms with Crippen molar-refractivity contribution in [2.75, 3.05) is 12.0 Å². The highest BCUT2D eigenvalue weighted by atomic mass is 79.9. The zero-order chi connectivity index (χ0) is 24.2. The number of nitrogens with zero attached hydrogens (tertiary/aromatic N) is 2. The van der Waals surface area contributed by atoms with E-state index in [0.717, 1.165) is 11.3 Å². The van der Waals surface area contributed by atoms with Gasteiger partial charge in [-0.25, -0.2) is 0 Å². The van der Waals surface area contributed by atoms with Crippen LogP contribution in [0, 0.1) is 10.1 Å². The molecule has 174 valence electrons. The average Bonchev–Trinajstić information content (AvgIpc) is 3.31. The highest BCUT2D eigenvalue weighted by molar-refractivity contribution is 9.10. The normalized spacial score (nSPS) is 13.2. The summed E-state index contributed by atoms with van der Waals surface area (Å²) in [5.74, 6) is -1.82. The van der Waals surface area contributed by atoms with Crippen LogP contribution in [0.1, 0.15) is 16.5 Å². The molecule has 2 atom stereocenters. The third-order valence-electron chi connectivity index (χ3n) is 4.95. The lowest BCUT2D eigenvalue weighted by atomic mass is 9.96. The second-order valence-corrected chi connectivity index (χ2v) is 8.81. The molecular weight excluding hydrogens is 525 g/mol. The van der Waals surface area contributed by atoms with Gasteiger partial charge in [0.2, 0.25) is 6.04 Å². The van der Waals surface area contributed by atoms with Gasteiger partial charge in [0.25, 0.3) is 0 Å². The SMILES string of the molecule is COc1ccc(N(C(=O)C(F)(F)F)[C@H](c2cccs2)[C@H](Cc2ccccc2Br)[N+](=O)[O-])cc1. The molecule has 0 saturated heterocycles. The molecule has 0 fully saturated rings. The van der Waals surface area contributed by atoms with Gasteiger partial charge in [-0.2, -0.15) is 13.2 Å². The molecule has 0 aliphatic heterocycles. The minimum atomic E-state index is -5.25. The Morgan fingerprint density at radius 2 is 1.82 bits per heavy atom. The molecule has 33 heavy (non-hydrogen) atoms. The second-order valence-electron chi connectivity index (χ2n) is 6.98. The molecule has 0 saturated carbocycles. The zero-order valence-corrected chi connectivity index (χ0v) is 19.6. The molecule has 0 bridgehead atoms. The van der Waals surface area contributed by atoms with Crippen LogP contribution in [0.4, 0.5) is 18.9 Å². The average molecular weight is 543 g/mol. The van der Waals surface area contributed by atoms with E-state index in [1.54, 1.807) is 35.7 Å². The first kappa shape index (κ1) is 24.7. The number of benzene rings is 2. The third-order valence-corrected chi connectivity index (χ3v) is 6.66. The Balaban J connectivity index is 2.19. The van der Waals surface area contributed by atoms with Gasteiger partial charge in [-0.3, -0.25) is 19.8 Å². The van der Waals surface area contributed by atoms with Crippen LogP contribution in [0.15, 0.2) is 70.5 Å². The van der Waals surface area contributed by atoms with Crippen LogP contribution < -0.4 is 9.64 Å². The van der Waals surface area contributed by atoms with E-state index in [1.807, 2.05) is 0 Å². The Hall–Kier alpha value is -2.92. The standard InChI is InChI=1S/C22H18BrF3N2O4S/c1-32-16-10-8-15(9-11-16)27(21(29)22(24,25)26)20(19-7-4-12-33-19)18(28(30)31)13-14-5-2-3-6-17(14)23/h2-12,18,20H,13H2,1H3/t18-,20-/m0/s1. The van der Waals surface area contributed by atoms with Gasteiger partial charge in [0.15, 0.2) is 0 Å². The number of carbonyl (C=O) groups is 1. The summed E-state index contributed by atoms with van der Waals surface area (Å²) in [6.45, 7) is 0. The zero-order valence-electron chi connectivity index (χ0n) is 17.2. The van der Waals surface area contributed by atoms with E-state index in [9.17, 15) is 28.1 Å². The van der Waals surface area contributed by atoms with Crippen molar-refractivity contribution in [3.8, 4) is 5.75 Å². The summed E-state index contributed by atoms with van der Waals surface area (Å²) in [6, 6.07) is 12.1. The van der Waals surface area contributed by atoms with Crippen molar-refractivity contribution < 1.29 is 27.6 Å². The van der Waals surface area contributed by atoms with E-state index < -0.39 is 29.1 Å². The second kappa shape index (κ2) is 10.3. The number of hydrogen-bond donors (Lipinski definition) is 0. The van der Waals surface area contributed by atoms with E-state index in [4.69, 9.17) is 4.74 Å². The maximum Gasteiger partial charge on any atom is 0.471 e. The van der Waals surface area contributed by atoms with Gasteiger partial charge in [-0.05, 0) is 47.3 Å². The molecule has 6 nitrogen and oxygen atoms in total. The summed E-state index contributed by atoms with van der Waals surface area (Å²) in [7, 11) is 1.39. The molecule has 0 unspecified atom stereocenters. The fraction of sp³-hybridized carbons (Fsp3) is 0.227. The van der Waals surface area contributed by atoms with Crippen LogP contribution in [-0.2, 0) is 11.2 Å². The van der Waals surface area contributed by atoms with Crippen LogP contribution in [0.2, 0.25) is 0 Å². The molecule has 0 aliphatic rings. The minimum absolute atomic E-state index is 0.129. The van der Waals surface area contributed by atoms with Crippen molar-refractivity contribution in [2.24, 2.45) is 0 Å². The minimum Gasteiger partial charge on any atom is -0.497 e. The van der Waals surface area contributed by atoms with Gasteiger partial charge in [-0.1, -0.05) is 40.2 Å². The Labute approximate surface area is 199 Å². The predicted molar refractivity (Wildman–Crippen MR) is 122 cm³/mol. The number of anilines is 1. The lowest BCUT2D eigenvalue weighted by molar-refractivity contribution is -0.526. The molecular formula is C22H18BrF3N2O4S. The lowest BCUT2D eigenvalue weighted by Crippen LogP contribution is -2.49. The van der Waals surface area contributed by atoms with Gasteiger partial charge >= 0.3 is 12.1 Å².